The molecular weight excluding hydrogens is 460 g/mol. The van der Waals surface area contributed by atoms with E-state index >= 15 is 0 Å². The molecule has 0 unspecified atom stereocenters. The molecule has 10 heteroatoms. The van der Waals surface area contributed by atoms with E-state index in [1.54, 1.807) is 0 Å². The van der Waals surface area contributed by atoms with E-state index < -0.39 is 15.9 Å². The van der Waals surface area contributed by atoms with Crippen molar-refractivity contribution >= 4 is 38.9 Å². The van der Waals surface area contributed by atoms with Crippen LogP contribution in [0.15, 0.2) is 34.5 Å². The molecule has 0 saturated carbocycles. The average Bonchev–Trinajstić information content (AvgIpc) is 3.17. The van der Waals surface area contributed by atoms with Gasteiger partial charge >= 0.3 is 0 Å². The van der Waals surface area contributed by atoms with Crippen LogP contribution in [0.3, 0.4) is 0 Å². The van der Waals surface area contributed by atoms with E-state index in [9.17, 15) is 13.2 Å². The van der Waals surface area contributed by atoms with Gasteiger partial charge in [0, 0.05) is 7.05 Å². The van der Waals surface area contributed by atoms with Gasteiger partial charge in [0.25, 0.3) is 10.0 Å². The normalized spacial score (nSPS) is 12.6. The van der Waals surface area contributed by atoms with Gasteiger partial charge in [0.15, 0.2) is 11.5 Å². The van der Waals surface area contributed by atoms with Gasteiger partial charge in [-0.25, -0.2) is 8.42 Å². The molecule has 0 radical (unpaired) electrons. The standard InChI is InChI=1S/C21H29ClN2O5S2/c1-5-11-28-17-8-7-16(13-18(17)29-12-6-2)15(3)23-20(25)14-24(4)31(26,27)21-10-9-19(22)30-21/h7-10,13,15H,5-6,11-12,14H2,1-4H3,(H,23,25)/t15-/m0/s1. The molecule has 7 nitrogen and oxygen atoms in total. The van der Waals surface area contributed by atoms with E-state index in [1.807, 2.05) is 39.0 Å². The van der Waals surface area contributed by atoms with Crippen molar-refractivity contribution in [2.75, 3.05) is 26.8 Å². The molecule has 0 aliphatic heterocycles. The zero-order valence-electron chi connectivity index (χ0n) is 18.2. The minimum absolute atomic E-state index is 0.0984. The maximum atomic E-state index is 12.6. The lowest BCUT2D eigenvalue weighted by Gasteiger charge is -2.20. The Hall–Kier alpha value is -1.81. The molecule has 0 fully saturated rings. The summed E-state index contributed by atoms with van der Waals surface area (Å²) in [5, 5.41) is 2.84. The average molecular weight is 489 g/mol. The van der Waals surface area contributed by atoms with E-state index in [1.165, 1.54) is 19.2 Å². The first-order valence-electron chi connectivity index (χ1n) is 10.1. The molecule has 0 bridgehead atoms. The lowest BCUT2D eigenvalue weighted by Crippen LogP contribution is -2.39. The van der Waals surface area contributed by atoms with Crippen LogP contribution in [0.25, 0.3) is 0 Å². The lowest BCUT2D eigenvalue weighted by molar-refractivity contribution is -0.121. The number of sulfonamides is 1. The fourth-order valence-corrected chi connectivity index (χ4v) is 5.52. The number of hydrogen-bond acceptors (Lipinski definition) is 6. The number of amides is 1. The molecule has 1 aromatic heterocycles. The highest BCUT2D eigenvalue weighted by molar-refractivity contribution is 7.91. The Balaban J connectivity index is 2.06. The number of ether oxygens (including phenoxy) is 2. The molecule has 2 rings (SSSR count). The van der Waals surface area contributed by atoms with Crippen LogP contribution in [0.2, 0.25) is 4.34 Å². The van der Waals surface area contributed by atoms with Gasteiger partial charge < -0.3 is 14.8 Å². The van der Waals surface area contributed by atoms with Crippen LogP contribution in [0.4, 0.5) is 0 Å². The van der Waals surface area contributed by atoms with Gasteiger partial charge in [-0.3, -0.25) is 4.79 Å². The number of halogens is 1. The van der Waals surface area contributed by atoms with E-state index in [0.717, 1.165) is 34.0 Å². The van der Waals surface area contributed by atoms with Crippen LogP contribution in [0.1, 0.15) is 45.2 Å². The van der Waals surface area contributed by atoms with E-state index in [2.05, 4.69) is 5.32 Å². The second-order valence-corrected chi connectivity index (χ2v) is 11.0. The predicted molar refractivity (Wildman–Crippen MR) is 124 cm³/mol. The number of nitrogens with zero attached hydrogens (tertiary/aromatic N) is 1. The SMILES string of the molecule is CCCOc1ccc([C@H](C)NC(=O)CN(C)S(=O)(=O)c2ccc(Cl)s2)cc1OCCC. The number of rotatable bonds is 12. The predicted octanol–water partition coefficient (Wildman–Crippen LogP) is 4.48. The summed E-state index contributed by atoms with van der Waals surface area (Å²) in [6.45, 7) is 6.72. The molecule has 31 heavy (non-hydrogen) atoms. The number of carbonyl (C=O) groups is 1. The lowest BCUT2D eigenvalue weighted by atomic mass is 10.1. The number of carbonyl (C=O) groups excluding carboxylic acids is 1. The first-order valence-corrected chi connectivity index (χ1v) is 12.7. The quantitative estimate of drug-likeness (QED) is 0.476. The molecule has 1 heterocycles. The summed E-state index contributed by atoms with van der Waals surface area (Å²) >= 11 is 6.79. The van der Waals surface area contributed by atoms with Gasteiger partial charge in [-0.15, -0.1) is 11.3 Å². The molecule has 1 aromatic carbocycles. The van der Waals surface area contributed by atoms with Gasteiger partial charge in [0.2, 0.25) is 5.91 Å². The molecule has 1 N–H and O–H groups in total. The number of nitrogens with one attached hydrogen (secondary N) is 1. The monoisotopic (exact) mass is 488 g/mol. The molecule has 172 valence electrons. The molecule has 1 amide bonds. The van der Waals surface area contributed by atoms with Gasteiger partial charge in [-0.05, 0) is 49.6 Å². The minimum atomic E-state index is -3.78. The Morgan fingerprint density at radius 1 is 1.13 bits per heavy atom. The van der Waals surface area contributed by atoms with Gasteiger partial charge in [-0.2, -0.15) is 4.31 Å². The summed E-state index contributed by atoms with van der Waals surface area (Å²) in [6.07, 6.45) is 1.75. The Bertz CT molecular complexity index is 978. The fourth-order valence-electron chi connectivity index (χ4n) is 2.70. The smallest absolute Gasteiger partial charge is 0.252 e. The Labute approximate surface area is 193 Å². The van der Waals surface area contributed by atoms with Crippen molar-refractivity contribution in [3.8, 4) is 11.5 Å². The second kappa shape index (κ2) is 11.7. The maximum Gasteiger partial charge on any atom is 0.252 e. The highest BCUT2D eigenvalue weighted by atomic mass is 35.5. The summed E-state index contributed by atoms with van der Waals surface area (Å²) in [5.74, 6) is 0.879. The van der Waals surface area contributed by atoms with E-state index in [-0.39, 0.29) is 16.8 Å². The number of likely N-dealkylation sites (N-methyl/N-ethyl adjacent to an activating group) is 1. The van der Waals surface area contributed by atoms with Crippen LogP contribution >= 0.6 is 22.9 Å². The number of benzene rings is 1. The highest BCUT2D eigenvalue weighted by Gasteiger charge is 2.25. The summed E-state index contributed by atoms with van der Waals surface area (Å²) in [4.78, 5) is 12.5. The zero-order valence-corrected chi connectivity index (χ0v) is 20.6. The first kappa shape index (κ1) is 25.5. The second-order valence-electron chi connectivity index (χ2n) is 7.01. The molecule has 2 aromatic rings. The Morgan fingerprint density at radius 2 is 1.77 bits per heavy atom. The van der Waals surface area contributed by atoms with Crippen LogP contribution in [0, 0.1) is 0 Å². The fraction of sp³-hybridized carbons (Fsp3) is 0.476. The third-order valence-electron chi connectivity index (χ3n) is 4.35. The summed E-state index contributed by atoms with van der Waals surface area (Å²) < 4.78 is 38.2. The van der Waals surface area contributed by atoms with Crippen LogP contribution < -0.4 is 14.8 Å². The van der Waals surface area contributed by atoms with E-state index in [0.29, 0.717) is 29.0 Å². The van der Waals surface area contributed by atoms with Crippen molar-refractivity contribution in [2.24, 2.45) is 0 Å². The molecule has 0 aliphatic rings. The van der Waals surface area contributed by atoms with Gasteiger partial charge in [0.1, 0.15) is 4.21 Å². The summed E-state index contributed by atoms with van der Waals surface area (Å²) in [6, 6.07) is 8.14. The van der Waals surface area contributed by atoms with Crippen LogP contribution in [-0.4, -0.2) is 45.4 Å². The maximum absolute atomic E-state index is 12.6. The van der Waals surface area contributed by atoms with Crippen molar-refractivity contribution in [2.45, 2.75) is 43.9 Å². The van der Waals surface area contributed by atoms with Crippen LogP contribution in [-0.2, 0) is 14.8 Å². The van der Waals surface area contributed by atoms with Crippen molar-refractivity contribution in [3.63, 3.8) is 0 Å². The Kier molecular flexibility index (Phi) is 9.61. The molecule has 0 spiro atoms. The largest absolute Gasteiger partial charge is 0.490 e. The molecule has 0 saturated heterocycles. The van der Waals surface area contributed by atoms with Gasteiger partial charge in [-0.1, -0.05) is 31.5 Å². The Morgan fingerprint density at radius 3 is 2.35 bits per heavy atom. The third-order valence-corrected chi connectivity index (χ3v) is 7.85. The summed E-state index contributed by atoms with van der Waals surface area (Å²) in [7, 11) is -2.41. The molecule has 0 aliphatic carbocycles. The van der Waals surface area contributed by atoms with Crippen molar-refractivity contribution in [1.29, 1.82) is 0 Å². The van der Waals surface area contributed by atoms with Crippen molar-refractivity contribution < 1.29 is 22.7 Å². The topological polar surface area (TPSA) is 84.9 Å². The molecule has 1 atom stereocenters. The zero-order chi connectivity index (χ0) is 23.0. The molecular formula is C21H29ClN2O5S2. The van der Waals surface area contributed by atoms with Gasteiger partial charge in [0.05, 0.1) is 30.1 Å². The van der Waals surface area contributed by atoms with E-state index in [4.69, 9.17) is 21.1 Å². The van der Waals surface area contributed by atoms with Crippen molar-refractivity contribution in [1.82, 2.24) is 9.62 Å². The highest BCUT2D eigenvalue weighted by Crippen LogP contribution is 2.31. The number of hydrogen-bond donors (Lipinski definition) is 1. The van der Waals surface area contributed by atoms with Crippen LogP contribution in [0.5, 0.6) is 11.5 Å². The first-order chi connectivity index (χ1) is 14.7. The summed E-state index contributed by atoms with van der Waals surface area (Å²) in [5.41, 5.74) is 0.832. The minimum Gasteiger partial charge on any atom is -0.490 e. The third kappa shape index (κ3) is 7.10. The number of thiophene rings is 1. The van der Waals surface area contributed by atoms with Crippen molar-refractivity contribution in [3.05, 3.63) is 40.2 Å².